The second-order valence-electron chi connectivity index (χ2n) is 5.99. The molecule has 0 saturated carbocycles. The minimum atomic E-state index is 0.0893. The van der Waals surface area contributed by atoms with Gasteiger partial charge in [-0.2, -0.15) is 0 Å². The first kappa shape index (κ1) is 17.5. The highest BCUT2D eigenvalue weighted by atomic mass is 35.5. The van der Waals surface area contributed by atoms with Crippen LogP contribution in [0.4, 0.5) is 0 Å². The normalized spacial score (nSPS) is 11.7. The predicted molar refractivity (Wildman–Crippen MR) is 112 cm³/mol. The number of hydrogen-bond donors (Lipinski definition) is 1. The van der Waals surface area contributed by atoms with Crippen LogP contribution in [-0.2, 0) is 0 Å². The highest BCUT2D eigenvalue weighted by Crippen LogP contribution is 2.27. The van der Waals surface area contributed by atoms with E-state index in [9.17, 15) is 5.11 Å². The molecule has 0 bridgehead atoms. The molecule has 4 aromatic rings. The lowest BCUT2D eigenvalue weighted by Gasteiger charge is -2.09. The Morgan fingerprint density at radius 3 is 1.93 bits per heavy atom. The number of halogens is 2. The van der Waals surface area contributed by atoms with E-state index < -0.39 is 0 Å². The molecule has 0 unspecified atom stereocenters. The van der Waals surface area contributed by atoms with Gasteiger partial charge in [-0.05, 0) is 48.5 Å². The summed E-state index contributed by atoms with van der Waals surface area (Å²) in [6, 6.07) is 22.0. The summed E-state index contributed by atoms with van der Waals surface area (Å²) in [6.45, 7) is 0. The summed E-state index contributed by atoms with van der Waals surface area (Å²) < 4.78 is 0. The lowest BCUT2D eigenvalue weighted by atomic mass is 10.1. The highest BCUT2D eigenvalue weighted by molar-refractivity contribution is 6.30. The van der Waals surface area contributed by atoms with Gasteiger partial charge in [0.1, 0.15) is 5.76 Å². The van der Waals surface area contributed by atoms with Gasteiger partial charge >= 0.3 is 0 Å². The molecule has 0 aliphatic rings. The zero-order valence-corrected chi connectivity index (χ0v) is 15.6. The molecule has 5 heteroatoms. The Morgan fingerprint density at radius 1 is 0.741 bits per heavy atom. The Balaban J connectivity index is 1.89. The van der Waals surface area contributed by atoms with E-state index in [1.54, 1.807) is 42.5 Å². The Bertz CT molecular complexity index is 1140. The van der Waals surface area contributed by atoms with Gasteiger partial charge in [0.15, 0.2) is 0 Å². The fourth-order valence-corrected chi connectivity index (χ4v) is 3.02. The third-order valence-corrected chi connectivity index (χ3v) is 4.63. The minimum Gasteiger partial charge on any atom is -0.507 e. The largest absolute Gasteiger partial charge is 0.507 e. The van der Waals surface area contributed by atoms with Gasteiger partial charge in [0.05, 0.1) is 22.4 Å². The molecule has 0 atom stereocenters. The molecule has 1 N–H and O–H groups in total. The second kappa shape index (κ2) is 7.39. The Morgan fingerprint density at radius 2 is 1.30 bits per heavy atom. The monoisotopic (exact) mass is 392 g/mol. The van der Waals surface area contributed by atoms with Crippen LogP contribution in [0.3, 0.4) is 0 Å². The lowest BCUT2D eigenvalue weighted by Crippen LogP contribution is -1.96. The van der Waals surface area contributed by atoms with Crippen LogP contribution >= 0.6 is 23.2 Å². The molecule has 3 nitrogen and oxygen atoms in total. The van der Waals surface area contributed by atoms with Gasteiger partial charge in [-0.3, -0.25) is 0 Å². The summed E-state index contributed by atoms with van der Waals surface area (Å²) in [4.78, 5) is 9.45. The molecule has 1 aromatic heterocycles. The van der Waals surface area contributed by atoms with Crippen LogP contribution in [0.15, 0.2) is 72.8 Å². The van der Waals surface area contributed by atoms with Crippen molar-refractivity contribution in [2.45, 2.75) is 0 Å². The number of aromatic nitrogens is 2. The van der Waals surface area contributed by atoms with E-state index in [1.807, 2.05) is 36.4 Å². The van der Waals surface area contributed by atoms with Crippen LogP contribution in [0.25, 0.3) is 34.1 Å². The summed E-state index contributed by atoms with van der Waals surface area (Å²) in [6.07, 6.45) is 1.62. The molecule has 0 aliphatic heterocycles. The third-order valence-electron chi connectivity index (χ3n) is 4.13. The first-order valence-electron chi connectivity index (χ1n) is 8.29. The van der Waals surface area contributed by atoms with Crippen molar-refractivity contribution >= 4 is 46.1 Å². The van der Waals surface area contributed by atoms with Gasteiger partial charge < -0.3 is 5.11 Å². The van der Waals surface area contributed by atoms with E-state index in [0.717, 1.165) is 16.6 Å². The Hall–Kier alpha value is -2.88. The molecule has 0 aliphatic carbocycles. The number of benzene rings is 3. The van der Waals surface area contributed by atoms with E-state index in [4.69, 9.17) is 33.2 Å². The molecule has 132 valence electrons. The van der Waals surface area contributed by atoms with Crippen LogP contribution < -0.4 is 0 Å². The van der Waals surface area contributed by atoms with Crippen LogP contribution in [0, 0.1) is 0 Å². The molecule has 3 aromatic carbocycles. The highest BCUT2D eigenvalue weighted by Gasteiger charge is 2.11. The number of aliphatic hydroxyl groups excluding tert-OH is 1. The van der Waals surface area contributed by atoms with Gasteiger partial charge in [-0.25, -0.2) is 9.97 Å². The zero-order valence-electron chi connectivity index (χ0n) is 14.1. The summed E-state index contributed by atoms with van der Waals surface area (Å²) in [7, 11) is 0. The van der Waals surface area contributed by atoms with Crippen molar-refractivity contribution < 1.29 is 5.11 Å². The molecule has 0 saturated heterocycles. The standard InChI is InChI=1S/C22H14Cl2N2O/c23-16-9-5-14(6-10-16)21(27)13-20-22(15-7-11-17(24)12-8-15)26-19-4-2-1-3-18(19)25-20/h1-13,27H/b21-13-. The van der Waals surface area contributed by atoms with Crippen LogP contribution in [-0.4, -0.2) is 15.1 Å². The average Bonchev–Trinajstić information content (AvgIpc) is 2.68. The number of nitrogens with zero attached hydrogens (tertiary/aromatic N) is 2. The number of hydrogen-bond acceptors (Lipinski definition) is 3. The van der Waals surface area contributed by atoms with Crippen LogP contribution in [0.1, 0.15) is 11.3 Å². The smallest absolute Gasteiger partial charge is 0.125 e. The molecule has 0 spiro atoms. The molecule has 0 fully saturated rings. The zero-order chi connectivity index (χ0) is 18.8. The molecule has 27 heavy (non-hydrogen) atoms. The van der Waals surface area contributed by atoms with Crippen molar-refractivity contribution in [3.63, 3.8) is 0 Å². The van der Waals surface area contributed by atoms with Gasteiger partial charge in [0.2, 0.25) is 0 Å². The molecular formula is C22H14Cl2N2O. The van der Waals surface area contributed by atoms with Crippen molar-refractivity contribution in [3.05, 3.63) is 94.1 Å². The van der Waals surface area contributed by atoms with Crippen LogP contribution in [0.2, 0.25) is 10.0 Å². The number of aliphatic hydroxyl groups is 1. The number of fused-ring (bicyclic) bond motifs is 1. The maximum atomic E-state index is 10.6. The molecular weight excluding hydrogens is 379 g/mol. The topological polar surface area (TPSA) is 46.0 Å². The van der Waals surface area contributed by atoms with Gasteiger partial charge in [0.25, 0.3) is 0 Å². The van der Waals surface area contributed by atoms with E-state index in [0.29, 0.717) is 27.0 Å². The first-order chi connectivity index (χ1) is 13.1. The van der Waals surface area contributed by atoms with Crippen molar-refractivity contribution in [1.82, 2.24) is 9.97 Å². The van der Waals surface area contributed by atoms with E-state index in [1.165, 1.54) is 0 Å². The quantitative estimate of drug-likeness (QED) is 0.396. The number of rotatable bonds is 3. The number of para-hydroxylation sites is 2. The van der Waals surface area contributed by atoms with E-state index in [2.05, 4.69) is 0 Å². The predicted octanol–water partition coefficient (Wildman–Crippen LogP) is 6.66. The summed E-state index contributed by atoms with van der Waals surface area (Å²) in [5, 5.41) is 11.8. The average molecular weight is 393 g/mol. The van der Waals surface area contributed by atoms with Crippen molar-refractivity contribution in [2.24, 2.45) is 0 Å². The summed E-state index contributed by atoms with van der Waals surface area (Å²) in [5.41, 5.74) is 4.30. The maximum Gasteiger partial charge on any atom is 0.125 e. The molecule has 4 rings (SSSR count). The summed E-state index contributed by atoms with van der Waals surface area (Å²) in [5.74, 6) is 0.0893. The second-order valence-corrected chi connectivity index (χ2v) is 6.86. The lowest BCUT2D eigenvalue weighted by molar-refractivity contribution is 0.515. The van der Waals surface area contributed by atoms with Gasteiger partial charge in [-0.15, -0.1) is 0 Å². The first-order valence-corrected chi connectivity index (χ1v) is 9.05. The fourth-order valence-electron chi connectivity index (χ4n) is 2.77. The van der Waals surface area contributed by atoms with Crippen molar-refractivity contribution in [2.75, 3.05) is 0 Å². The van der Waals surface area contributed by atoms with Crippen molar-refractivity contribution in [1.29, 1.82) is 0 Å². The third kappa shape index (κ3) is 3.80. The minimum absolute atomic E-state index is 0.0893. The Labute approximate surface area is 166 Å². The molecule has 0 amide bonds. The Kier molecular flexibility index (Phi) is 4.80. The van der Waals surface area contributed by atoms with Gasteiger partial charge in [-0.1, -0.05) is 47.5 Å². The summed E-state index contributed by atoms with van der Waals surface area (Å²) >= 11 is 11.9. The maximum absolute atomic E-state index is 10.6. The molecule has 0 radical (unpaired) electrons. The molecule has 1 heterocycles. The van der Waals surface area contributed by atoms with E-state index >= 15 is 0 Å². The van der Waals surface area contributed by atoms with Crippen LogP contribution in [0.5, 0.6) is 0 Å². The van der Waals surface area contributed by atoms with E-state index in [-0.39, 0.29) is 5.76 Å². The van der Waals surface area contributed by atoms with Crippen molar-refractivity contribution in [3.8, 4) is 11.3 Å². The van der Waals surface area contributed by atoms with Gasteiger partial charge in [0, 0.05) is 27.2 Å². The fraction of sp³-hybridized carbons (Fsp3) is 0. The SMILES string of the molecule is O/C(=C\c1nc2ccccc2nc1-c1ccc(Cl)cc1)c1ccc(Cl)cc1.